The van der Waals surface area contributed by atoms with Crippen molar-refractivity contribution in [3.05, 3.63) is 53.7 Å². The van der Waals surface area contributed by atoms with Gasteiger partial charge in [0.05, 0.1) is 42.8 Å². The number of benzene rings is 1. The molecule has 1 aromatic carbocycles. The summed E-state index contributed by atoms with van der Waals surface area (Å²) in [5.74, 6) is -0.471. The van der Waals surface area contributed by atoms with Gasteiger partial charge in [0.2, 0.25) is 0 Å². The summed E-state index contributed by atoms with van der Waals surface area (Å²) in [6.45, 7) is 2.94. The Morgan fingerprint density at radius 3 is 2.66 bits per heavy atom. The third-order valence-electron chi connectivity index (χ3n) is 6.52. The summed E-state index contributed by atoms with van der Waals surface area (Å²) in [5, 5.41) is 2.93. The van der Waals surface area contributed by atoms with Crippen LogP contribution in [0.2, 0.25) is 0 Å². The number of carbonyl (C=O) groups is 2. The van der Waals surface area contributed by atoms with Crippen LogP contribution in [0.4, 0.5) is 15.8 Å². The highest BCUT2D eigenvalue weighted by Gasteiger charge is 2.39. The number of halogens is 1. The van der Waals surface area contributed by atoms with E-state index in [-0.39, 0.29) is 30.5 Å². The van der Waals surface area contributed by atoms with Crippen LogP contribution in [0, 0.1) is 0 Å². The molecule has 184 valence electrons. The Bertz CT molecular complexity index is 1140. The van der Waals surface area contributed by atoms with Gasteiger partial charge in [-0.3, -0.25) is 9.59 Å². The molecule has 2 atom stereocenters. The molecule has 3 aliphatic heterocycles. The van der Waals surface area contributed by atoms with Crippen molar-refractivity contribution < 1.29 is 23.5 Å². The van der Waals surface area contributed by atoms with E-state index in [1.54, 1.807) is 23.1 Å². The zero-order valence-corrected chi connectivity index (χ0v) is 19.2. The topological polar surface area (TPSA) is 123 Å². The number of nitrogens with one attached hydrogen (secondary N) is 1. The van der Waals surface area contributed by atoms with Crippen LogP contribution in [-0.4, -0.2) is 78.4 Å². The predicted molar refractivity (Wildman–Crippen MR) is 126 cm³/mol. The quantitative estimate of drug-likeness (QED) is 0.612. The molecule has 5 rings (SSSR count). The molecule has 2 saturated heterocycles. The first-order chi connectivity index (χ1) is 17.1. The fourth-order valence-corrected chi connectivity index (χ4v) is 4.73. The van der Waals surface area contributed by atoms with Crippen LogP contribution in [0.25, 0.3) is 5.57 Å². The van der Waals surface area contributed by atoms with Gasteiger partial charge in [-0.1, -0.05) is 0 Å². The van der Waals surface area contributed by atoms with Crippen LogP contribution in [0.1, 0.15) is 28.2 Å². The molecule has 2 amide bonds. The molecule has 3 aliphatic rings. The molecule has 4 heterocycles. The number of alkyl halides is 1. The summed E-state index contributed by atoms with van der Waals surface area (Å²) in [5.41, 5.74) is 8.34. The highest BCUT2D eigenvalue weighted by molar-refractivity contribution is 6.25. The third kappa shape index (κ3) is 4.56. The molecule has 2 fully saturated rings. The molecule has 0 spiro atoms. The predicted octanol–water partition coefficient (Wildman–Crippen LogP) is 1.33. The van der Waals surface area contributed by atoms with Gasteiger partial charge < -0.3 is 30.3 Å². The van der Waals surface area contributed by atoms with Gasteiger partial charge in [0, 0.05) is 50.4 Å². The molecule has 0 aliphatic carbocycles. The number of aromatic nitrogens is 2. The molecular weight excluding hydrogens is 455 g/mol. The van der Waals surface area contributed by atoms with Crippen LogP contribution in [-0.2, 0) is 20.8 Å². The molecule has 0 radical (unpaired) electrons. The Morgan fingerprint density at radius 2 is 1.94 bits per heavy atom. The van der Waals surface area contributed by atoms with E-state index < -0.39 is 18.1 Å². The van der Waals surface area contributed by atoms with Crippen molar-refractivity contribution >= 4 is 28.8 Å². The normalized spacial score (nSPS) is 22.8. The van der Waals surface area contributed by atoms with Crippen LogP contribution in [0.5, 0.6) is 0 Å². The van der Waals surface area contributed by atoms with E-state index in [2.05, 4.69) is 20.2 Å². The molecule has 1 aromatic heterocycles. The number of fused-ring (bicyclic) bond motifs is 1. The number of amides is 2. The number of carbonyl (C=O) groups excluding carboxylic acids is 2. The fraction of sp³-hybridized carbons (Fsp3) is 0.417. The summed E-state index contributed by atoms with van der Waals surface area (Å²) in [4.78, 5) is 38.3. The van der Waals surface area contributed by atoms with Gasteiger partial charge >= 0.3 is 0 Å². The molecule has 10 nitrogen and oxygen atoms in total. The zero-order chi connectivity index (χ0) is 24.4. The largest absolute Gasteiger partial charge is 0.404 e. The van der Waals surface area contributed by atoms with Gasteiger partial charge in [-0.15, -0.1) is 0 Å². The van der Waals surface area contributed by atoms with Crippen molar-refractivity contribution in [1.29, 1.82) is 0 Å². The Hall–Kier alpha value is -3.57. The molecule has 11 heteroatoms. The number of hydrogen-bond donors (Lipinski definition) is 2. The first kappa shape index (κ1) is 23.2. The van der Waals surface area contributed by atoms with Gasteiger partial charge in [-0.2, -0.15) is 0 Å². The van der Waals surface area contributed by atoms with Gasteiger partial charge in [0.25, 0.3) is 11.8 Å². The lowest BCUT2D eigenvalue weighted by molar-refractivity contribution is -0.111. The number of nitrogens with two attached hydrogens (primary N) is 1. The third-order valence-corrected chi connectivity index (χ3v) is 6.52. The molecule has 0 bridgehead atoms. The van der Waals surface area contributed by atoms with Crippen molar-refractivity contribution in [3.63, 3.8) is 0 Å². The molecule has 35 heavy (non-hydrogen) atoms. The zero-order valence-electron chi connectivity index (χ0n) is 19.2. The lowest BCUT2D eigenvalue weighted by Gasteiger charge is -2.33. The van der Waals surface area contributed by atoms with Crippen LogP contribution < -0.4 is 16.0 Å². The first-order valence-corrected chi connectivity index (χ1v) is 11.6. The van der Waals surface area contributed by atoms with Gasteiger partial charge in [-0.05, 0) is 30.2 Å². The molecule has 2 aromatic rings. The Balaban J connectivity index is 1.47. The minimum absolute atomic E-state index is 0.0130. The number of morpholine rings is 1. The summed E-state index contributed by atoms with van der Waals surface area (Å²) >= 11 is 0. The lowest BCUT2D eigenvalue weighted by atomic mass is 10.1. The maximum atomic E-state index is 14.6. The Kier molecular flexibility index (Phi) is 6.60. The second-order valence-electron chi connectivity index (χ2n) is 8.61. The molecule has 0 unspecified atom stereocenters. The standard InChI is InChI=1S/C24H27FN6O4/c25-18-14-35-7-2-20(18)31-13-15-10-19(29-23(32)17(12-26)22-27-3-1-4-28-22)21(11-16(15)24(31)33)30-5-8-34-9-6-30/h1,3-4,10-12,18,20H,2,5-9,13-14,26H2,(H,29,32)/t18-,20-/m1/s1. The molecular formula is C24H27FN6O4. The van der Waals surface area contributed by atoms with Crippen molar-refractivity contribution in [2.75, 3.05) is 49.7 Å². The van der Waals surface area contributed by atoms with Crippen LogP contribution in [0.3, 0.4) is 0 Å². The van der Waals surface area contributed by atoms with E-state index in [1.165, 1.54) is 18.6 Å². The molecule has 0 saturated carbocycles. The lowest BCUT2D eigenvalue weighted by Crippen LogP contribution is -2.47. The van der Waals surface area contributed by atoms with Crippen LogP contribution >= 0.6 is 0 Å². The average molecular weight is 483 g/mol. The van der Waals surface area contributed by atoms with Crippen molar-refractivity contribution in [2.45, 2.75) is 25.2 Å². The van der Waals surface area contributed by atoms with E-state index in [0.717, 1.165) is 5.56 Å². The Morgan fingerprint density at radius 1 is 1.17 bits per heavy atom. The highest BCUT2D eigenvalue weighted by atomic mass is 19.1. The minimum atomic E-state index is -1.23. The fourth-order valence-electron chi connectivity index (χ4n) is 4.73. The first-order valence-electron chi connectivity index (χ1n) is 11.6. The van der Waals surface area contributed by atoms with E-state index in [1.807, 2.05) is 0 Å². The highest BCUT2D eigenvalue weighted by Crippen LogP contribution is 2.37. The summed E-state index contributed by atoms with van der Waals surface area (Å²) in [6, 6.07) is 4.70. The maximum Gasteiger partial charge on any atom is 0.261 e. The summed E-state index contributed by atoms with van der Waals surface area (Å²) < 4.78 is 25.3. The number of rotatable bonds is 5. The van der Waals surface area contributed by atoms with Crippen molar-refractivity contribution in [2.24, 2.45) is 5.73 Å². The average Bonchev–Trinajstić information content (AvgIpc) is 3.20. The maximum absolute atomic E-state index is 14.6. The second-order valence-corrected chi connectivity index (χ2v) is 8.61. The number of ether oxygens (including phenoxy) is 2. The smallest absolute Gasteiger partial charge is 0.261 e. The SMILES string of the molecule is NC=C(C(=O)Nc1cc2c(cc1N1CCOCC1)C(=O)N([C@@H]1CCOC[C@H]1F)C2)c1ncccn1. The monoisotopic (exact) mass is 482 g/mol. The minimum Gasteiger partial charge on any atom is -0.404 e. The number of nitrogens with zero attached hydrogens (tertiary/aromatic N) is 4. The molecule has 3 N–H and O–H groups in total. The Labute approximate surface area is 201 Å². The van der Waals surface area contributed by atoms with Crippen molar-refractivity contribution in [3.8, 4) is 0 Å². The van der Waals surface area contributed by atoms with Crippen molar-refractivity contribution in [1.82, 2.24) is 14.9 Å². The van der Waals surface area contributed by atoms with Gasteiger partial charge in [0.15, 0.2) is 5.82 Å². The van der Waals surface area contributed by atoms with Gasteiger partial charge in [-0.25, -0.2) is 14.4 Å². The van der Waals surface area contributed by atoms with E-state index in [0.29, 0.717) is 56.3 Å². The van der Waals surface area contributed by atoms with E-state index in [4.69, 9.17) is 15.2 Å². The summed E-state index contributed by atoms with van der Waals surface area (Å²) in [7, 11) is 0. The second kappa shape index (κ2) is 9.96. The number of anilines is 2. The van der Waals surface area contributed by atoms with E-state index >= 15 is 0 Å². The summed E-state index contributed by atoms with van der Waals surface area (Å²) in [6.07, 6.45) is 3.44. The van der Waals surface area contributed by atoms with E-state index in [9.17, 15) is 14.0 Å². The van der Waals surface area contributed by atoms with Crippen LogP contribution in [0.15, 0.2) is 36.8 Å². The van der Waals surface area contributed by atoms with Gasteiger partial charge in [0.1, 0.15) is 6.17 Å². The number of hydrogen-bond acceptors (Lipinski definition) is 8.